The van der Waals surface area contributed by atoms with Gasteiger partial charge in [-0.2, -0.15) is 0 Å². The summed E-state index contributed by atoms with van der Waals surface area (Å²) in [5.41, 5.74) is -0.0474. The smallest absolute Gasteiger partial charge is 0.429 e. The zero-order valence-electron chi connectivity index (χ0n) is 11.7. The molecule has 20 heavy (non-hydrogen) atoms. The summed E-state index contributed by atoms with van der Waals surface area (Å²) in [5.74, 6) is -0.155. The molecular weight excluding hydrogens is 280 g/mol. The molecule has 1 aliphatic heterocycles. The largest absolute Gasteiger partial charge is 0.442 e. The van der Waals surface area contributed by atoms with Crippen molar-refractivity contribution in [3.63, 3.8) is 0 Å². The molecule has 1 fully saturated rings. The van der Waals surface area contributed by atoms with E-state index in [-0.39, 0.29) is 12.3 Å². The Morgan fingerprint density at radius 3 is 2.65 bits per heavy atom. The fourth-order valence-corrected chi connectivity index (χ4v) is 2.11. The molecule has 0 spiro atoms. The summed E-state index contributed by atoms with van der Waals surface area (Å²) >= 11 is 5.93. The van der Waals surface area contributed by atoms with E-state index in [0.717, 1.165) is 0 Å². The van der Waals surface area contributed by atoms with E-state index in [4.69, 9.17) is 16.3 Å². The second-order valence-corrected chi connectivity index (χ2v) is 5.98. The lowest BCUT2D eigenvalue weighted by atomic mass is 10.2. The van der Waals surface area contributed by atoms with Crippen LogP contribution < -0.4 is 5.01 Å². The normalized spacial score (nSPS) is 15.7. The minimum atomic E-state index is -0.608. The second kappa shape index (κ2) is 5.32. The first-order valence-electron chi connectivity index (χ1n) is 6.37. The van der Waals surface area contributed by atoms with Crippen LogP contribution in [0.1, 0.15) is 27.2 Å². The highest BCUT2D eigenvalue weighted by atomic mass is 35.5. The van der Waals surface area contributed by atoms with Crippen molar-refractivity contribution in [1.29, 1.82) is 0 Å². The number of carbonyl (C=O) groups excluding carboxylic acids is 2. The van der Waals surface area contributed by atoms with Gasteiger partial charge in [-0.3, -0.25) is 4.79 Å². The van der Waals surface area contributed by atoms with Crippen molar-refractivity contribution in [3.05, 3.63) is 29.3 Å². The van der Waals surface area contributed by atoms with Gasteiger partial charge in [-0.15, -0.1) is 0 Å². The molecule has 5 nitrogen and oxygen atoms in total. The molecule has 1 aromatic rings. The minimum Gasteiger partial charge on any atom is -0.442 e. The van der Waals surface area contributed by atoms with Crippen molar-refractivity contribution >= 4 is 29.3 Å². The number of halogens is 1. The average Bonchev–Trinajstić information content (AvgIpc) is 2.69. The van der Waals surface area contributed by atoms with Gasteiger partial charge < -0.3 is 4.74 Å². The zero-order valence-corrected chi connectivity index (χ0v) is 12.5. The van der Waals surface area contributed by atoms with E-state index in [1.54, 1.807) is 45.0 Å². The van der Waals surface area contributed by atoms with Crippen LogP contribution in [0.2, 0.25) is 5.02 Å². The Morgan fingerprint density at radius 2 is 2.05 bits per heavy atom. The van der Waals surface area contributed by atoms with Crippen LogP contribution in [0.25, 0.3) is 0 Å². The number of carbonyl (C=O) groups is 2. The molecule has 0 atom stereocenters. The monoisotopic (exact) mass is 296 g/mol. The Hall–Kier alpha value is -1.75. The number of hydrazine groups is 1. The number of amides is 2. The molecule has 0 bridgehead atoms. The maximum atomic E-state index is 12.2. The Morgan fingerprint density at radius 1 is 1.35 bits per heavy atom. The number of rotatable bonds is 1. The van der Waals surface area contributed by atoms with Gasteiger partial charge in [-0.1, -0.05) is 17.7 Å². The summed E-state index contributed by atoms with van der Waals surface area (Å²) in [6, 6.07) is 6.81. The Balaban J connectivity index is 2.25. The lowest BCUT2D eigenvalue weighted by Gasteiger charge is -2.30. The highest BCUT2D eigenvalue weighted by molar-refractivity contribution is 6.30. The molecule has 6 heteroatoms. The third-order valence-electron chi connectivity index (χ3n) is 2.67. The molecule has 2 rings (SSSR count). The number of hydrogen-bond acceptors (Lipinski definition) is 3. The summed E-state index contributed by atoms with van der Waals surface area (Å²) in [4.78, 5) is 24.2. The molecule has 1 saturated heterocycles. The highest BCUT2D eigenvalue weighted by Crippen LogP contribution is 2.26. The third-order valence-corrected chi connectivity index (χ3v) is 2.91. The number of anilines is 1. The van der Waals surface area contributed by atoms with Crippen LogP contribution in [0.15, 0.2) is 24.3 Å². The predicted octanol–water partition coefficient (Wildman–Crippen LogP) is 3.23. The van der Waals surface area contributed by atoms with E-state index in [9.17, 15) is 9.59 Å². The zero-order chi connectivity index (χ0) is 14.9. The fourth-order valence-electron chi connectivity index (χ4n) is 1.92. The molecule has 0 N–H and O–H groups in total. The van der Waals surface area contributed by atoms with E-state index in [2.05, 4.69) is 0 Å². The first-order valence-corrected chi connectivity index (χ1v) is 6.75. The molecule has 0 aliphatic carbocycles. The molecule has 108 valence electrons. The van der Waals surface area contributed by atoms with Crippen LogP contribution in [0.4, 0.5) is 10.5 Å². The predicted molar refractivity (Wildman–Crippen MR) is 76.5 cm³/mol. The molecule has 0 unspecified atom stereocenters. The number of ether oxygens (including phenoxy) is 1. The van der Waals surface area contributed by atoms with Crippen LogP contribution >= 0.6 is 11.6 Å². The van der Waals surface area contributed by atoms with Crippen molar-refractivity contribution in [2.45, 2.75) is 32.8 Å². The standard InChI is InChI=1S/C14H17ClN2O3/c1-14(2,3)20-13(19)16-8-7-12(18)17(16)11-6-4-5-10(15)9-11/h4-6,9H,7-8H2,1-3H3. The van der Waals surface area contributed by atoms with Crippen molar-refractivity contribution in [1.82, 2.24) is 5.01 Å². The van der Waals surface area contributed by atoms with Gasteiger partial charge in [0.2, 0.25) is 5.91 Å². The van der Waals surface area contributed by atoms with E-state index >= 15 is 0 Å². The Labute approximate surface area is 123 Å². The van der Waals surface area contributed by atoms with Gasteiger partial charge in [-0.25, -0.2) is 14.8 Å². The molecule has 0 saturated carbocycles. The van der Waals surface area contributed by atoms with Crippen LogP contribution in [-0.2, 0) is 9.53 Å². The molecule has 0 radical (unpaired) electrons. The van der Waals surface area contributed by atoms with Gasteiger partial charge in [0, 0.05) is 11.4 Å². The highest BCUT2D eigenvalue weighted by Gasteiger charge is 2.36. The molecule has 1 aromatic carbocycles. The van der Waals surface area contributed by atoms with E-state index in [1.807, 2.05) is 0 Å². The SMILES string of the molecule is CC(C)(C)OC(=O)N1CCC(=O)N1c1cccc(Cl)c1. The van der Waals surface area contributed by atoms with Gasteiger partial charge in [0.1, 0.15) is 5.60 Å². The second-order valence-electron chi connectivity index (χ2n) is 5.54. The van der Waals surface area contributed by atoms with E-state index < -0.39 is 11.7 Å². The summed E-state index contributed by atoms with van der Waals surface area (Å²) in [7, 11) is 0. The summed E-state index contributed by atoms with van der Waals surface area (Å²) in [6.07, 6.45) is -0.269. The van der Waals surface area contributed by atoms with Gasteiger partial charge in [-0.05, 0) is 39.0 Å². The number of hydrogen-bond donors (Lipinski definition) is 0. The van der Waals surface area contributed by atoms with Gasteiger partial charge in [0.05, 0.1) is 12.2 Å². The average molecular weight is 297 g/mol. The van der Waals surface area contributed by atoms with Gasteiger partial charge >= 0.3 is 6.09 Å². The molecule has 1 aliphatic rings. The lowest BCUT2D eigenvalue weighted by Crippen LogP contribution is -2.45. The Kier molecular flexibility index (Phi) is 3.90. The van der Waals surface area contributed by atoms with Crippen molar-refractivity contribution in [2.24, 2.45) is 0 Å². The third kappa shape index (κ3) is 3.22. The summed E-state index contributed by atoms with van der Waals surface area (Å²) < 4.78 is 5.31. The van der Waals surface area contributed by atoms with Crippen LogP contribution in [0.3, 0.4) is 0 Å². The van der Waals surface area contributed by atoms with Gasteiger partial charge in [0.15, 0.2) is 0 Å². The van der Waals surface area contributed by atoms with E-state index in [1.165, 1.54) is 10.0 Å². The molecular formula is C14H17ClN2O3. The van der Waals surface area contributed by atoms with E-state index in [0.29, 0.717) is 17.3 Å². The van der Waals surface area contributed by atoms with Crippen LogP contribution in [0, 0.1) is 0 Å². The van der Waals surface area contributed by atoms with Crippen molar-refractivity contribution in [3.8, 4) is 0 Å². The molecule has 1 heterocycles. The van der Waals surface area contributed by atoms with Gasteiger partial charge in [0.25, 0.3) is 0 Å². The van der Waals surface area contributed by atoms with Crippen LogP contribution in [-0.4, -0.2) is 29.2 Å². The fraction of sp³-hybridized carbons (Fsp3) is 0.429. The maximum Gasteiger partial charge on any atom is 0.429 e. The van der Waals surface area contributed by atoms with Crippen molar-refractivity contribution < 1.29 is 14.3 Å². The minimum absolute atomic E-state index is 0.155. The maximum absolute atomic E-state index is 12.2. The number of nitrogens with zero attached hydrogens (tertiary/aromatic N) is 2. The quantitative estimate of drug-likeness (QED) is 0.799. The topological polar surface area (TPSA) is 49.9 Å². The summed E-state index contributed by atoms with van der Waals surface area (Å²) in [5, 5.41) is 3.13. The number of benzene rings is 1. The summed E-state index contributed by atoms with van der Waals surface area (Å²) in [6.45, 7) is 5.66. The first kappa shape index (κ1) is 14.7. The van der Waals surface area contributed by atoms with Crippen LogP contribution in [0.5, 0.6) is 0 Å². The van der Waals surface area contributed by atoms with Crippen molar-refractivity contribution in [2.75, 3.05) is 11.6 Å². The first-order chi connectivity index (χ1) is 9.28. The Bertz CT molecular complexity index is 539. The molecule has 2 amide bonds. The lowest BCUT2D eigenvalue weighted by molar-refractivity contribution is -0.118. The molecule has 0 aromatic heterocycles.